The Balaban J connectivity index is 1.92. The molecule has 4 nitrogen and oxygen atoms in total. The molecule has 160 valence electrons. The van der Waals surface area contributed by atoms with Crippen molar-refractivity contribution in [3.05, 3.63) is 75.9 Å². The number of allylic oxidation sites excluding steroid dienone is 1. The van der Waals surface area contributed by atoms with Gasteiger partial charge in [-0.05, 0) is 72.2 Å². The van der Waals surface area contributed by atoms with E-state index >= 15 is 0 Å². The second-order valence-electron chi connectivity index (χ2n) is 8.34. The zero-order chi connectivity index (χ0) is 22.6. The van der Waals surface area contributed by atoms with E-state index in [0.717, 1.165) is 39.8 Å². The molecule has 0 radical (unpaired) electrons. The molecule has 1 aliphatic carbocycles. The molecule has 0 N–H and O–H groups in total. The van der Waals surface area contributed by atoms with Crippen LogP contribution in [0, 0.1) is 18.8 Å². The van der Waals surface area contributed by atoms with Crippen molar-refractivity contribution >= 4 is 17.5 Å². The van der Waals surface area contributed by atoms with Crippen LogP contribution in [0.15, 0.2) is 42.5 Å². The van der Waals surface area contributed by atoms with Gasteiger partial charge in [0.15, 0.2) is 0 Å². The van der Waals surface area contributed by atoms with E-state index in [1.165, 1.54) is 7.11 Å². The van der Waals surface area contributed by atoms with Crippen LogP contribution in [0.2, 0.25) is 0 Å². The van der Waals surface area contributed by atoms with Gasteiger partial charge in [0.2, 0.25) is 0 Å². The van der Waals surface area contributed by atoms with Crippen molar-refractivity contribution in [1.29, 1.82) is 0 Å². The number of hydrogen-bond donors (Lipinski definition) is 0. The Morgan fingerprint density at radius 3 is 2.45 bits per heavy atom. The number of ether oxygens (including phenoxy) is 2. The van der Waals surface area contributed by atoms with Crippen LogP contribution >= 0.6 is 0 Å². The van der Waals surface area contributed by atoms with Crippen LogP contribution in [-0.4, -0.2) is 25.7 Å². The Bertz CT molecular complexity index is 1090. The first kappa shape index (κ1) is 22.4. The van der Waals surface area contributed by atoms with E-state index in [2.05, 4.69) is 31.8 Å². The summed E-state index contributed by atoms with van der Waals surface area (Å²) in [6.07, 6.45) is 3.01. The van der Waals surface area contributed by atoms with E-state index in [1.54, 1.807) is 0 Å². The van der Waals surface area contributed by atoms with Crippen molar-refractivity contribution in [3.63, 3.8) is 0 Å². The molecule has 2 aromatic rings. The van der Waals surface area contributed by atoms with E-state index in [-0.39, 0.29) is 23.8 Å². The number of fused-ring (bicyclic) bond motifs is 1. The fourth-order valence-electron chi connectivity index (χ4n) is 3.69. The lowest BCUT2D eigenvalue weighted by Gasteiger charge is -2.32. The lowest BCUT2D eigenvalue weighted by atomic mass is 9.72. The van der Waals surface area contributed by atoms with Gasteiger partial charge >= 0.3 is 11.9 Å². The van der Waals surface area contributed by atoms with Crippen LogP contribution < -0.4 is 0 Å². The average molecular weight is 417 g/mol. The Morgan fingerprint density at radius 2 is 1.81 bits per heavy atom. The number of benzene rings is 2. The summed E-state index contributed by atoms with van der Waals surface area (Å²) in [5, 5.41) is 0. The van der Waals surface area contributed by atoms with Gasteiger partial charge in [0.05, 0.1) is 25.7 Å². The van der Waals surface area contributed by atoms with E-state index in [1.807, 2.05) is 50.3 Å². The molecule has 0 amide bonds. The number of carbonyl (C=O) groups is 2. The van der Waals surface area contributed by atoms with E-state index in [4.69, 9.17) is 9.47 Å². The lowest BCUT2D eigenvalue weighted by Crippen LogP contribution is -2.24. The molecule has 0 aliphatic heterocycles. The van der Waals surface area contributed by atoms with E-state index < -0.39 is 0 Å². The third-order valence-corrected chi connectivity index (χ3v) is 5.57. The largest absolute Gasteiger partial charge is 0.469 e. The van der Waals surface area contributed by atoms with Gasteiger partial charge in [-0.1, -0.05) is 43.9 Å². The molecule has 4 heteroatoms. The number of aryl methyl sites for hydroxylation is 1. The van der Waals surface area contributed by atoms with Crippen molar-refractivity contribution in [2.45, 2.75) is 46.0 Å². The SMILES string of the molecule is CCOC(=O)C1=CCC(C)(C)c2cc(C#Cc3ccc(CC(=O)OC)cc3)c(C)cc21. The maximum Gasteiger partial charge on any atom is 0.338 e. The standard InChI is InChI=1S/C27H28O4/c1-6-31-26(29)22-13-14-27(3,4)24-17-21(18(2)15-23(22)24)12-11-19-7-9-20(10-8-19)16-25(28)30-5/h7-10,13,15,17H,6,14,16H2,1-5H3. The summed E-state index contributed by atoms with van der Waals surface area (Å²) in [5.74, 6) is 5.96. The summed E-state index contributed by atoms with van der Waals surface area (Å²) in [6, 6.07) is 11.7. The highest BCUT2D eigenvalue weighted by Gasteiger charge is 2.31. The first-order valence-electron chi connectivity index (χ1n) is 10.5. The Labute approximate surface area is 184 Å². The lowest BCUT2D eigenvalue weighted by molar-refractivity contribution is -0.140. The zero-order valence-corrected chi connectivity index (χ0v) is 18.8. The molecule has 0 heterocycles. The molecule has 3 rings (SSSR count). The summed E-state index contributed by atoms with van der Waals surface area (Å²) in [7, 11) is 1.38. The molecule has 0 bridgehead atoms. The van der Waals surface area contributed by atoms with Gasteiger partial charge < -0.3 is 9.47 Å². The highest BCUT2D eigenvalue weighted by molar-refractivity contribution is 6.17. The topological polar surface area (TPSA) is 52.6 Å². The van der Waals surface area contributed by atoms with Gasteiger partial charge in [0, 0.05) is 11.1 Å². The molecule has 0 saturated carbocycles. The third-order valence-electron chi connectivity index (χ3n) is 5.57. The molecular formula is C27H28O4. The van der Waals surface area contributed by atoms with Gasteiger partial charge in [-0.2, -0.15) is 0 Å². The average Bonchev–Trinajstić information content (AvgIpc) is 2.73. The highest BCUT2D eigenvalue weighted by Crippen LogP contribution is 2.40. The van der Waals surface area contributed by atoms with Crippen molar-refractivity contribution < 1.29 is 19.1 Å². The van der Waals surface area contributed by atoms with Crippen molar-refractivity contribution in [3.8, 4) is 11.8 Å². The molecular weight excluding hydrogens is 388 g/mol. The fraction of sp³-hybridized carbons (Fsp3) is 0.333. The molecule has 2 aromatic carbocycles. The van der Waals surface area contributed by atoms with E-state index in [0.29, 0.717) is 12.2 Å². The summed E-state index contributed by atoms with van der Waals surface area (Å²) in [5.41, 5.74) is 6.31. The van der Waals surface area contributed by atoms with Crippen LogP contribution in [-0.2, 0) is 30.9 Å². The van der Waals surface area contributed by atoms with Gasteiger partial charge in [0.25, 0.3) is 0 Å². The highest BCUT2D eigenvalue weighted by atomic mass is 16.5. The molecule has 1 aliphatic rings. The minimum Gasteiger partial charge on any atom is -0.469 e. The fourth-order valence-corrected chi connectivity index (χ4v) is 3.69. The van der Waals surface area contributed by atoms with Gasteiger partial charge in [0.1, 0.15) is 0 Å². The zero-order valence-electron chi connectivity index (χ0n) is 18.8. The molecule has 31 heavy (non-hydrogen) atoms. The van der Waals surface area contributed by atoms with Crippen LogP contribution in [0.25, 0.3) is 5.57 Å². The Hall–Kier alpha value is -3.32. The summed E-state index contributed by atoms with van der Waals surface area (Å²) < 4.78 is 9.96. The molecule has 0 saturated heterocycles. The number of carbonyl (C=O) groups excluding carboxylic acids is 2. The number of methoxy groups -OCH3 is 1. The van der Waals surface area contributed by atoms with Crippen LogP contribution in [0.4, 0.5) is 0 Å². The minimum absolute atomic E-state index is 0.0923. The third kappa shape index (κ3) is 5.06. The normalized spacial score (nSPS) is 13.9. The summed E-state index contributed by atoms with van der Waals surface area (Å²) >= 11 is 0. The maximum atomic E-state index is 12.4. The second kappa shape index (κ2) is 9.22. The molecule has 0 atom stereocenters. The molecule has 0 fully saturated rings. The Morgan fingerprint density at radius 1 is 1.10 bits per heavy atom. The smallest absolute Gasteiger partial charge is 0.338 e. The van der Waals surface area contributed by atoms with Crippen LogP contribution in [0.3, 0.4) is 0 Å². The predicted octanol–water partition coefficient (Wildman–Crippen LogP) is 4.74. The predicted molar refractivity (Wildman–Crippen MR) is 122 cm³/mol. The van der Waals surface area contributed by atoms with Crippen LogP contribution in [0.1, 0.15) is 60.6 Å². The van der Waals surface area contributed by atoms with Gasteiger partial charge in [-0.3, -0.25) is 4.79 Å². The first-order chi connectivity index (χ1) is 14.7. The van der Waals surface area contributed by atoms with Crippen molar-refractivity contribution in [2.75, 3.05) is 13.7 Å². The summed E-state index contributed by atoms with van der Waals surface area (Å²) in [6.45, 7) is 8.54. The maximum absolute atomic E-state index is 12.4. The van der Waals surface area contributed by atoms with Crippen molar-refractivity contribution in [1.82, 2.24) is 0 Å². The molecule has 0 spiro atoms. The number of esters is 2. The molecule has 0 aromatic heterocycles. The van der Waals surface area contributed by atoms with Gasteiger partial charge in [-0.15, -0.1) is 0 Å². The quantitative estimate of drug-likeness (QED) is 0.534. The summed E-state index contributed by atoms with van der Waals surface area (Å²) in [4.78, 5) is 23.8. The van der Waals surface area contributed by atoms with E-state index in [9.17, 15) is 9.59 Å². The number of hydrogen-bond acceptors (Lipinski definition) is 4. The van der Waals surface area contributed by atoms with Crippen molar-refractivity contribution in [2.24, 2.45) is 0 Å². The molecule has 0 unspecified atom stereocenters. The Kier molecular flexibility index (Phi) is 6.65. The van der Waals surface area contributed by atoms with Gasteiger partial charge in [-0.25, -0.2) is 4.79 Å². The first-order valence-corrected chi connectivity index (χ1v) is 10.5. The number of rotatable bonds is 4. The van der Waals surface area contributed by atoms with Crippen LogP contribution in [0.5, 0.6) is 0 Å². The monoisotopic (exact) mass is 416 g/mol. The second-order valence-corrected chi connectivity index (χ2v) is 8.34. The minimum atomic E-state index is -0.274.